The minimum absolute atomic E-state index is 0.0208. The Hall–Kier alpha value is -1.06. The lowest BCUT2D eigenvalue weighted by Gasteiger charge is -2.37. The van der Waals surface area contributed by atoms with Crippen molar-refractivity contribution in [3.63, 3.8) is 0 Å². The Kier molecular flexibility index (Phi) is 4.81. The van der Waals surface area contributed by atoms with Gasteiger partial charge in [0.15, 0.2) is 0 Å². The van der Waals surface area contributed by atoms with Gasteiger partial charge in [-0.25, -0.2) is 0 Å². The maximum Gasteiger partial charge on any atom is 0.310 e. The summed E-state index contributed by atoms with van der Waals surface area (Å²) in [5.74, 6) is 2.18. The fourth-order valence-electron chi connectivity index (χ4n) is 6.30. The van der Waals surface area contributed by atoms with Crippen LogP contribution in [0.3, 0.4) is 0 Å². The molecule has 4 nitrogen and oxygen atoms in total. The average molecular weight is 363 g/mol. The second kappa shape index (κ2) is 6.83. The Morgan fingerprint density at radius 1 is 0.692 bits per heavy atom. The molecule has 0 N–H and O–H groups in total. The standard InChI is InChI=1S/C22H34O4/c1-11(2)13-5-7-15-17(9-13)25-21(23)19(15)20-16-8-6-14(12(3)4)10-18(16)26-22(20)24/h11-20H,5-10H2,1-4H3. The van der Waals surface area contributed by atoms with Crippen LogP contribution in [0.1, 0.15) is 66.2 Å². The molecule has 8 atom stereocenters. The van der Waals surface area contributed by atoms with Crippen molar-refractivity contribution in [3.8, 4) is 0 Å². The molecule has 2 saturated carbocycles. The van der Waals surface area contributed by atoms with Gasteiger partial charge in [0.1, 0.15) is 12.2 Å². The lowest BCUT2D eigenvalue weighted by Crippen LogP contribution is -2.39. The predicted molar refractivity (Wildman–Crippen MR) is 98.1 cm³/mol. The summed E-state index contributed by atoms with van der Waals surface area (Å²) in [5, 5.41) is 0. The highest BCUT2D eigenvalue weighted by Crippen LogP contribution is 2.52. The van der Waals surface area contributed by atoms with E-state index >= 15 is 0 Å². The van der Waals surface area contributed by atoms with Crippen LogP contribution in [0, 0.1) is 47.3 Å². The lowest BCUT2D eigenvalue weighted by atomic mass is 9.64. The molecule has 0 aromatic carbocycles. The molecular weight excluding hydrogens is 328 g/mol. The van der Waals surface area contributed by atoms with Gasteiger partial charge in [-0.15, -0.1) is 0 Å². The van der Waals surface area contributed by atoms with Gasteiger partial charge in [0.25, 0.3) is 0 Å². The van der Waals surface area contributed by atoms with Gasteiger partial charge in [0.2, 0.25) is 0 Å². The SMILES string of the molecule is CC(C)C1CCC2C(C1)OC(=O)C2C1C(=O)OC2CC(C(C)C)CCC21. The summed E-state index contributed by atoms with van der Waals surface area (Å²) < 4.78 is 11.6. The highest BCUT2D eigenvalue weighted by Gasteiger charge is 2.59. The molecule has 26 heavy (non-hydrogen) atoms. The highest BCUT2D eigenvalue weighted by atomic mass is 16.6. The maximum atomic E-state index is 12.8. The van der Waals surface area contributed by atoms with Crippen molar-refractivity contribution >= 4 is 11.9 Å². The fourth-order valence-corrected chi connectivity index (χ4v) is 6.30. The van der Waals surface area contributed by atoms with Crippen molar-refractivity contribution in [2.24, 2.45) is 47.3 Å². The first-order valence-corrected chi connectivity index (χ1v) is 10.8. The van der Waals surface area contributed by atoms with Crippen molar-refractivity contribution in [1.82, 2.24) is 0 Å². The Morgan fingerprint density at radius 3 is 1.42 bits per heavy atom. The average Bonchev–Trinajstić information content (AvgIpc) is 3.08. The highest BCUT2D eigenvalue weighted by molar-refractivity contribution is 5.85. The Balaban J connectivity index is 1.51. The molecule has 2 saturated heterocycles. The van der Waals surface area contributed by atoms with Crippen LogP contribution in [-0.2, 0) is 19.1 Å². The summed E-state index contributed by atoms with van der Waals surface area (Å²) in [4.78, 5) is 25.5. The minimum Gasteiger partial charge on any atom is -0.462 e. The zero-order valence-electron chi connectivity index (χ0n) is 16.6. The van der Waals surface area contributed by atoms with Crippen molar-refractivity contribution < 1.29 is 19.1 Å². The normalized spacial score (nSPS) is 45.5. The third kappa shape index (κ3) is 2.97. The summed E-state index contributed by atoms with van der Waals surface area (Å²) in [7, 11) is 0. The van der Waals surface area contributed by atoms with E-state index in [0.717, 1.165) is 38.5 Å². The first-order chi connectivity index (χ1) is 12.4. The van der Waals surface area contributed by atoms with Crippen LogP contribution in [0.4, 0.5) is 0 Å². The molecule has 0 radical (unpaired) electrons. The molecule has 4 rings (SSSR count). The molecular formula is C22H34O4. The summed E-state index contributed by atoms with van der Waals surface area (Å²) >= 11 is 0. The van der Waals surface area contributed by atoms with Gasteiger partial charge in [-0.2, -0.15) is 0 Å². The Morgan fingerprint density at radius 2 is 1.08 bits per heavy atom. The maximum absolute atomic E-state index is 12.8. The number of esters is 2. The number of hydrogen-bond donors (Lipinski definition) is 0. The molecule has 0 bridgehead atoms. The molecule has 4 heteroatoms. The van der Waals surface area contributed by atoms with E-state index in [1.165, 1.54) is 0 Å². The third-order valence-corrected chi connectivity index (χ3v) is 8.04. The van der Waals surface area contributed by atoms with Gasteiger partial charge < -0.3 is 9.47 Å². The van der Waals surface area contributed by atoms with Crippen molar-refractivity contribution in [2.45, 2.75) is 78.4 Å². The van der Waals surface area contributed by atoms with E-state index in [1.807, 2.05) is 0 Å². The summed E-state index contributed by atoms with van der Waals surface area (Å²) in [6, 6.07) is 0. The van der Waals surface area contributed by atoms with E-state index in [-0.39, 0.29) is 47.8 Å². The monoisotopic (exact) mass is 362 g/mol. The first-order valence-electron chi connectivity index (χ1n) is 10.8. The van der Waals surface area contributed by atoms with Gasteiger partial charge in [-0.1, -0.05) is 27.7 Å². The van der Waals surface area contributed by atoms with E-state index in [2.05, 4.69) is 27.7 Å². The van der Waals surface area contributed by atoms with E-state index < -0.39 is 0 Å². The number of ether oxygens (including phenoxy) is 2. The van der Waals surface area contributed by atoms with Crippen LogP contribution in [0.15, 0.2) is 0 Å². The quantitative estimate of drug-likeness (QED) is 0.706. The Labute approximate surface area is 157 Å². The van der Waals surface area contributed by atoms with Crippen LogP contribution < -0.4 is 0 Å². The second-order valence-electron chi connectivity index (χ2n) is 9.96. The molecule has 2 aliphatic heterocycles. The molecule has 8 unspecified atom stereocenters. The molecule has 4 aliphatic rings. The molecule has 146 valence electrons. The van der Waals surface area contributed by atoms with E-state index in [1.54, 1.807) is 0 Å². The Bertz CT molecular complexity index is 518. The molecule has 4 fully saturated rings. The predicted octanol–water partition coefficient (Wildman–Crippen LogP) is 4.21. The fraction of sp³-hybridized carbons (Fsp3) is 0.909. The van der Waals surface area contributed by atoms with Crippen molar-refractivity contribution in [3.05, 3.63) is 0 Å². The smallest absolute Gasteiger partial charge is 0.310 e. The van der Waals surface area contributed by atoms with Crippen LogP contribution in [0.2, 0.25) is 0 Å². The van der Waals surface area contributed by atoms with Crippen molar-refractivity contribution in [2.75, 3.05) is 0 Å². The zero-order chi connectivity index (χ0) is 18.6. The minimum atomic E-state index is -0.258. The molecule has 0 aromatic rings. The van der Waals surface area contributed by atoms with Crippen LogP contribution in [0.5, 0.6) is 0 Å². The van der Waals surface area contributed by atoms with Crippen LogP contribution in [0.25, 0.3) is 0 Å². The van der Waals surface area contributed by atoms with Gasteiger partial charge in [0, 0.05) is 11.8 Å². The summed E-state index contributed by atoms with van der Waals surface area (Å²) in [6.45, 7) is 9.02. The largest absolute Gasteiger partial charge is 0.462 e. The summed E-state index contributed by atoms with van der Waals surface area (Å²) in [6.07, 6.45) is 6.31. The number of carbonyl (C=O) groups excluding carboxylic acids is 2. The van der Waals surface area contributed by atoms with E-state index in [4.69, 9.17) is 9.47 Å². The van der Waals surface area contributed by atoms with E-state index in [0.29, 0.717) is 23.7 Å². The molecule has 0 spiro atoms. The number of rotatable bonds is 3. The van der Waals surface area contributed by atoms with E-state index in [9.17, 15) is 9.59 Å². The zero-order valence-corrected chi connectivity index (χ0v) is 16.6. The molecule has 2 aliphatic carbocycles. The summed E-state index contributed by atoms with van der Waals surface area (Å²) in [5.41, 5.74) is 0. The molecule has 2 heterocycles. The lowest BCUT2D eigenvalue weighted by molar-refractivity contribution is -0.152. The van der Waals surface area contributed by atoms with Gasteiger partial charge in [-0.05, 0) is 62.2 Å². The molecule has 0 aromatic heterocycles. The molecule has 0 amide bonds. The van der Waals surface area contributed by atoms with Crippen LogP contribution in [-0.4, -0.2) is 24.1 Å². The van der Waals surface area contributed by atoms with Crippen molar-refractivity contribution in [1.29, 1.82) is 0 Å². The topological polar surface area (TPSA) is 52.6 Å². The third-order valence-electron chi connectivity index (χ3n) is 8.04. The van der Waals surface area contributed by atoms with Gasteiger partial charge >= 0.3 is 11.9 Å². The number of carbonyl (C=O) groups is 2. The van der Waals surface area contributed by atoms with Gasteiger partial charge in [0.05, 0.1) is 11.8 Å². The van der Waals surface area contributed by atoms with Gasteiger partial charge in [-0.3, -0.25) is 9.59 Å². The number of fused-ring (bicyclic) bond motifs is 2. The van der Waals surface area contributed by atoms with Crippen LogP contribution >= 0.6 is 0 Å². The second-order valence-corrected chi connectivity index (χ2v) is 9.96. The number of hydrogen-bond acceptors (Lipinski definition) is 4. The first kappa shape index (κ1) is 18.3.